The Labute approximate surface area is 86.8 Å². The smallest absolute Gasteiger partial charge is 0.321 e. The Bertz CT molecular complexity index is 436. The van der Waals surface area contributed by atoms with Gasteiger partial charge in [-0.05, 0) is 19.4 Å². The number of anilines is 1. The van der Waals surface area contributed by atoms with Crippen LogP contribution in [0.4, 0.5) is 6.01 Å². The molecule has 6 heteroatoms. The summed E-state index contributed by atoms with van der Waals surface area (Å²) in [5, 5.41) is 6.67. The maximum absolute atomic E-state index is 4.94. The zero-order chi connectivity index (χ0) is 10.7. The number of hydrogen-bond acceptors (Lipinski definition) is 6. The lowest BCUT2D eigenvalue weighted by atomic mass is 10.4. The highest BCUT2D eigenvalue weighted by molar-refractivity contribution is 5.43. The van der Waals surface area contributed by atoms with Crippen LogP contribution in [0.1, 0.15) is 12.5 Å². The van der Waals surface area contributed by atoms with E-state index >= 15 is 0 Å². The van der Waals surface area contributed by atoms with Gasteiger partial charge in [0, 0.05) is 18.9 Å². The quantitative estimate of drug-likeness (QED) is 0.813. The molecule has 0 radical (unpaired) electrons. The van der Waals surface area contributed by atoms with E-state index in [0.29, 0.717) is 17.7 Å². The third kappa shape index (κ3) is 2.09. The summed E-state index contributed by atoms with van der Waals surface area (Å²) >= 11 is 0. The molecule has 0 bridgehead atoms. The molecular formula is C9H11N5O. The van der Waals surface area contributed by atoms with Crippen LogP contribution in [0.2, 0.25) is 0 Å². The summed E-state index contributed by atoms with van der Waals surface area (Å²) in [6.45, 7) is 4.60. The SMILES string of the molecule is CCNc1nc(-c2ncc(C)cn2)no1. The first-order valence-corrected chi connectivity index (χ1v) is 4.66. The van der Waals surface area contributed by atoms with Crippen LogP contribution in [0.15, 0.2) is 16.9 Å². The molecule has 78 valence electrons. The van der Waals surface area contributed by atoms with Crippen LogP contribution >= 0.6 is 0 Å². The fourth-order valence-electron chi connectivity index (χ4n) is 1.05. The van der Waals surface area contributed by atoms with E-state index in [1.807, 2.05) is 13.8 Å². The van der Waals surface area contributed by atoms with E-state index in [0.717, 1.165) is 12.1 Å². The van der Waals surface area contributed by atoms with Crippen molar-refractivity contribution in [2.75, 3.05) is 11.9 Å². The third-order valence-corrected chi connectivity index (χ3v) is 1.73. The minimum absolute atomic E-state index is 0.386. The van der Waals surface area contributed by atoms with Crippen molar-refractivity contribution >= 4 is 6.01 Å². The number of aromatic nitrogens is 4. The predicted molar refractivity (Wildman–Crippen MR) is 54.2 cm³/mol. The van der Waals surface area contributed by atoms with Gasteiger partial charge in [0.15, 0.2) is 0 Å². The van der Waals surface area contributed by atoms with Gasteiger partial charge in [0.1, 0.15) is 0 Å². The van der Waals surface area contributed by atoms with Crippen molar-refractivity contribution in [1.29, 1.82) is 0 Å². The number of hydrogen-bond donors (Lipinski definition) is 1. The number of aryl methyl sites for hydroxylation is 1. The Balaban J connectivity index is 2.25. The number of nitrogens with zero attached hydrogens (tertiary/aromatic N) is 4. The van der Waals surface area contributed by atoms with Crippen molar-refractivity contribution in [3.63, 3.8) is 0 Å². The average molecular weight is 205 g/mol. The van der Waals surface area contributed by atoms with Gasteiger partial charge < -0.3 is 9.84 Å². The van der Waals surface area contributed by atoms with E-state index in [1.165, 1.54) is 0 Å². The highest BCUT2D eigenvalue weighted by atomic mass is 16.5. The van der Waals surface area contributed by atoms with E-state index < -0.39 is 0 Å². The van der Waals surface area contributed by atoms with Crippen LogP contribution in [0.5, 0.6) is 0 Å². The molecular weight excluding hydrogens is 194 g/mol. The van der Waals surface area contributed by atoms with Gasteiger partial charge in [-0.3, -0.25) is 0 Å². The maximum atomic E-state index is 4.94. The van der Waals surface area contributed by atoms with E-state index in [1.54, 1.807) is 12.4 Å². The molecule has 0 aliphatic carbocycles. The molecule has 2 rings (SSSR count). The molecule has 2 heterocycles. The average Bonchev–Trinajstić information content (AvgIpc) is 2.68. The summed E-state index contributed by atoms with van der Waals surface area (Å²) in [6.07, 6.45) is 3.43. The molecule has 0 spiro atoms. The van der Waals surface area contributed by atoms with Gasteiger partial charge in [-0.25, -0.2) is 9.97 Å². The van der Waals surface area contributed by atoms with Crippen molar-refractivity contribution in [3.8, 4) is 11.6 Å². The Morgan fingerprint density at radius 1 is 1.27 bits per heavy atom. The number of rotatable bonds is 3. The van der Waals surface area contributed by atoms with Crippen LogP contribution in [0.25, 0.3) is 11.6 Å². The molecule has 0 unspecified atom stereocenters. The first-order valence-electron chi connectivity index (χ1n) is 4.66. The molecule has 0 saturated carbocycles. The summed E-state index contributed by atoms with van der Waals surface area (Å²) < 4.78 is 4.94. The van der Waals surface area contributed by atoms with Gasteiger partial charge in [-0.15, -0.1) is 0 Å². The highest BCUT2D eigenvalue weighted by Crippen LogP contribution is 2.12. The summed E-state index contributed by atoms with van der Waals surface area (Å²) in [4.78, 5) is 12.3. The first-order chi connectivity index (χ1) is 7.29. The van der Waals surface area contributed by atoms with Crippen LogP contribution in [0.3, 0.4) is 0 Å². The lowest BCUT2D eigenvalue weighted by molar-refractivity contribution is 0.432. The molecule has 6 nitrogen and oxygen atoms in total. The van der Waals surface area contributed by atoms with Gasteiger partial charge >= 0.3 is 6.01 Å². The second-order valence-corrected chi connectivity index (χ2v) is 3.04. The fourth-order valence-corrected chi connectivity index (χ4v) is 1.05. The Kier molecular flexibility index (Phi) is 2.57. The molecule has 0 aliphatic rings. The van der Waals surface area contributed by atoms with Crippen molar-refractivity contribution in [2.45, 2.75) is 13.8 Å². The van der Waals surface area contributed by atoms with Gasteiger partial charge in [-0.1, -0.05) is 5.16 Å². The minimum Gasteiger partial charge on any atom is -0.338 e. The minimum atomic E-state index is 0.386. The molecule has 2 aromatic heterocycles. The first kappa shape index (κ1) is 9.57. The molecule has 0 fully saturated rings. The van der Waals surface area contributed by atoms with E-state index in [2.05, 4.69) is 25.4 Å². The van der Waals surface area contributed by atoms with E-state index in [-0.39, 0.29) is 0 Å². The van der Waals surface area contributed by atoms with E-state index in [4.69, 9.17) is 4.52 Å². The van der Waals surface area contributed by atoms with Crippen molar-refractivity contribution in [2.24, 2.45) is 0 Å². The molecule has 0 atom stereocenters. The monoisotopic (exact) mass is 205 g/mol. The lowest BCUT2D eigenvalue weighted by Gasteiger charge is -1.92. The van der Waals surface area contributed by atoms with Crippen LogP contribution in [-0.2, 0) is 0 Å². The zero-order valence-electron chi connectivity index (χ0n) is 8.56. The standard InChI is InChI=1S/C9H11N5O/c1-3-10-9-13-8(14-15-9)7-11-4-6(2)5-12-7/h4-5H,3H2,1-2H3,(H,10,13,14). The summed E-state index contributed by atoms with van der Waals surface area (Å²) in [5.41, 5.74) is 0.995. The van der Waals surface area contributed by atoms with Crippen LogP contribution in [-0.4, -0.2) is 26.7 Å². The maximum Gasteiger partial charge on any atom is 0.321 e. The fraction of sp³-hybridized carbons (Fsp3) is 0.333. The summed E-state index contributed by atoms with van der Waals surface area (Å²) in [6, 6.07) is 0.386. The summed E-state index contributed by atoms with van der Waals surface area (Å²) in [5.74, 6) is 0.861. The normalized spacial score (nSPS) is 10.3. The Morgan fingerprint density at radius 2 is 2.00 bits per heavy atom. The van der Waals surface area contributed by atoms with Gasteiger partial charge in [-0.2, -0.15) is 4.98 Å². The molecule has 0 amide bonds. The summed E-state index contributed by atoms with van der Waals surface area (Å²) in [7, 11) is 0. The van der Waals surface area contributed by atoms with Crippen molar-refractivity contribution < 1.29 is 4.52 Å². The molecule has 0 aromatic carbocycles. The van der Waals surface area contributed by atoms with Crippen molar-refractivity contribution in [1.82, 2.24) is 20.1 Å². The molecule has 0 saturated heterocycles. The van der Waals surface area contributed by atoms with Gasteiger partial charge in [0.25, 0.3) is 0 Å². The third-order valence-electron chi connectivity index (χ3n) is 1.73. The second kappa shape index (κ2) is 4.04. The predicted octanol–water partition coefficient (Wildman–Crippen LogP) is 1.27. The second-order valence-electron chi connectivity index (χ2n) is 3.04. The topological polar surface area (TPSA) is 76.7 Å². The zero-order valence-corrected chi connectivity index (χ0v) is 8.56. The van der Waals surface area contributed by atoms with Gasteiger partial charge in [0.2, 0.25) is 11.6 Å². The molecule has 15 heavy (non-hydrogen) atoms. The molecule has 0 aliphatic heterocycles. The Hall–Kier alpha value is -1.98. The van der Waals surface area contributed by atoms with Crippen LogP contribution in [0, 0.1) is 6.92 Å². The van der Waals surface area contributed by atoms with Gasteiger partial charge in [0.05, 0.1) is 0 Å². The molecule has 2 aromatic rings. The molecule has 1 N–H and O–H groups in total. The Morgan fingerprint density at radius 3 is 2.67 bits per heavy atom. The lowest BCUT2D eigenvalue weighted by Crippen LogP contribution is -1.96. The van der Waals surface area contributed by atoms with Crippen molar-refractivity contribution in [3.05, 3.63) is 18.0 Å². The largest absolute Gasteiger partial charge is 0.338 e. The van der Waals surface area contributed by atoms with E-state index in [9.17, 15) is 0 Å². The number of nitrogens with one attached hydrogen (secondary N) is 1. The highest BCUT2D eigenvalue weighted by Gasteiger charge is 2.09. The van der Waals surface area contributed by atoms with Crippen LogP contribution < -0.4 is 5.32 Å².